The monoisotopic (exact) mass is 139 g/mol. The molecule has 0 aromatic carbocycles. The molecule has 0 aromatic rings. The molecule has 4 atom stereocenters. The summed E-state index contributed by atoms with van der Waals surface area (Å²) in [6.07, 6.45) is 4.06. The third kappa shape index (κ3) is 0.672. The molecule has 0 saturated heterocycles. The molecule has 10 heavy (non-hydrogen) atoms. The van der Waals surface area contributed by atoms with Gasteiger partial charge in [-0.15, -0.1) is 0 Å². The van der Waals surface area contributed by atoms with E-state index in [4.69, 9.17) is 5.73 Å². The van der Waals surface area contributed by atoms with Gasteiger partial charge in [-0.1, -0.05) is 13.8 Å². The van der Waals surface area contributed by atoms with E-state index in [1.165, 1.54) is 19.3 Å². The van der Waals surface area contributed by atoms with Gasteiger partial charge in [-0.3, -0.25) is 0 Å². The van der Waals surface area contributed by atoms with Crippen molar-refractivity contribution in [3.05, 3.63) is 0 Å². The fourth-order valence-electron chi connectivity index (χ4n) is 2.57. The zero-order valence-corrected chi connectivity index (χ0v) is 6.93. The molecule has 0 aliphatic heterocycles. The van der Waals surface area contributed by atoms with E-state index >= 15 is 0 Å². The van der Waals surface area contributed by atoms with Crippen LogP contribution in [0, 0.1) is 17.3 Å². The summed E-state index contributed by atoms with van der Waals surface area (Å²) in [4.78, 5) is 0. The maximum atomic E-state index is 5.92. The van der Waals surface area contributed by atoms with E-state index in [2.05, 4.69) is 13.8 Å². The molecule has 0 heterocycles. The zero-order chi connectivity index (χ0) is 7.35. The van der Waals surface area contributed by atoms with Crippen molar-refractivity contribution in [3.8, 4) is 0 Å². The number of hydrogen-bond donors (Lipinski definition) is 1. The van der Waals surface area contributed by atoms with E-state index in [1.807, 2.05) is 0 Å². The van der Waals surface area contributed by atoms with Gasteiger partial charge in [0.1, 0.15) is 0 Å². The summed E-state index contributed by atoms with van der Waals surface area (Å²) in [6.45, 7) is 4.64. The summed E-state index contributed by atoms with van der Waals surface area (Å²) in [6, 6.07) is 0.549. The Morgan fingerprint density at radius 3 is 2.20 bits per heavy atom. The summed E-state index contributed by atoms with van der Waals surface area (Å²) < 4.78 is 0. The van der Waals surface area contributed by atoms with Crippen LogP contribution >= 0.6 is 0 Å². The Kier molecular flexibility index (Phi) is 1.17. The van der Waals surface area contributed by atoms with E-state index in [0.29, 0.717) is 11.5 Å². The molecule has 2 aliphatic rings. The Morgan fingerprint density at radius 1 is 1.60 bits per heavy atom. The number of nitrogens with two attached hydrogens (primary N) is 1. The number of rotatable bonds is 2. The molecule has 0 radical (unpaired) electrons. The van der Waals surface area contributed by atoms with Gasteiger partial charge >= 0.3 is 0 Å². The molecule has 2 saturated carbocycles. The third-order valence-electron chi connectivity index (χ3n) is 3.68. The lowest BCUT2D eigenvalue weighted by atomic mass is 9.95. The van der Waals surface area contributed by atoms with Gasteiger partial charge < -0.3 is 5.73 Å². The molecule has 2 fully saturated rings. The van der Waals surface area contributed by atoms with E-state index in [1.54, 1.807) is 0 Å². The second-order valence-electron chi connectivity index (χ2n) is 4.22. The van der Waals surface area contributed by atoms with Crippen LogP contribution in [0.25, 0.3) is 0 Å². The van der Waals surface area contributed by atoms with Gasteiger partial charge in [0.15, 0.2) is 0 Å². The molecule has 0 spiro atoms. The van der Waals surface area contributed by atoms with Crippen LogP contribution in [0.4, 0.5) is 0 Å². The fourth-order valence-corrected chi connectivity index (χ4v) is 2.57. The van der Waals surface area contributed by atoms with Gasteiger partial charge in [0.05, 0.1) is 0 Å². The van der Waals surface area contributed by atoms with Gasteiger partial charge in [-0.2, -0.15) is 0 Å². The van der Waals surface area contributed by atoms with E-state index in [0.717, 1.165) is 11.8 Å². The smallest absolute Gasteiger partial charge is 0.0105 e. The van der Waals surface area contributed by atoms with Gasteiger partial charge in [0, 0.05) is 6.04 Å². The predicted molar refractivity (Wildman–Crippen MR) is 42.6 cm³/mol. The lowest BCUT2D eigenvalue weighted by Gasteiger charge is -2.11. The highest BCUT2D eigenvalue weighted by Crippen LogP contribution is 2.64. The first-order valence-electron chi connectivity index (χ1n) is 4.46. The lowest BCUT2D eigenvalue weighted by molar-refractivity contribution is 0.388. The molecule has 1 nitrogen and oxygen atoms in total. The van der Waals surface area contributed by atoms with E-state index in [9.17, 15) is 0 Å². The zero-order valence-electron chi connectivity index (χ0n) is 6.93. The summed E-state index contributed by atoms with van der Waals surface area (Å²) in [5.41, 5.74) is 6.53. The predicted octanol–water partition coefficient (Wildman–Crippen LogP) is 1.77. The summed E-state index contributed by atoms with van der Waals surface area (Å²) >= 11 is 0. The summed E-state index contributed by atoms with van der Waals surface area (Å²) in [5.74, 6) is 1.97. The number of hydrogen-bond acceptors (Lipinski definition) is 1. The normalized spacial score (nSPS) is 58.5. The second-order valence-corrected chi connectivity index (χ2v) is 4.22. The van der Waals surface area contributed by atoms with Crippen molar-refractivity contribution < 1.29 is 0 Å². The Morgan fingerprint density at radius 2 is 2.10 bits per heavy atom. The van der Waals surface area contributed by atoms with E-state index < -0.39 is 0 Å². The van der Waals surface area contributed by atoms with E-state index in [-0.39, 0.29) is 0 Å². The standard InChI is InChI=1S/C9H17N/c1-3-9(5-8(9)10)7-4-6(7)2/h6-8H,3-5,10H2,1-2H3. The lowest BCUT2D eigenvalue weighted by Crippen LogP contribution is -2.15. The SMILES string of the molecule is CCC1(C2CC2C)CC1N. The van der Waals surface area contributed by atoms with Gasteiger partial charge in [-0.25, -0.2) is 0 Å². The van der Waals surface area contributed by atoms with Crippen molar-refractivity contribution in [2.45, 2.75) is 39.2 Å². The first-order chi connectivity index (χ1) is 4.70. The first-order valence-corrected chi connectivity index (χ1v) is 4.46. The first kappa shape index (κ1) is 6.66. The van der Waals surface area contributed by atoms with Crippen LogP contribution < -0.4 is 5.73 Å². The quantitative estimate of drug-likeness (QED) is 0.620. The molecule has 58 valence electrons. The highest BCUT2D eigenvalue weighted by atomic mass is 14.8. The van der Waals surface area contributed by atoms with Crippen molar-refractivity contribution in [2.75, 3.05) is 0 Å². The molecule has 2 aliphatic carbocycles. The molecule has 0 aromatic heterocycles. The molecule has 4 unspecified atom stereocenters. The van der Waals surface area contributed by atoms with Crippen LogP contribution in [0.3, 0.4) is 0 Å². The fraction of sp³-hybridized carbons (Fsp3) is 1.00. The van der Waals surface area contributed by atoms with Crippen molar-refractivity contribution in [1.29, 1.82) is 0 Å². The van der Waals surface area contributed by atoms with Gasteiger partial charge in [0.2, 0.25) is 0 Å². The molecule has 2 N–H and O–H groups in total. The molecular formula is C9H17N. The minimum absolute atomic E-state index is 0.549. The highest BCUT2D eigenvalue weighted by molar-refractivity contribution is 5.14. The minimum Gasteiger partial charge on any atom is -0.327 e. The highest BCUT2D eigenvalue weighted by Gasteiger charge is 2.61. The topological polar surface area (TPSA) is 26.0 Å². The van der Waals surface area contributed by atoms with Gasteiger partial charge in [0.25, 0.3) is 0 Å². The molecular weight excluding hydrogens is 122 g/mol. The van der Waals surface area contributed by atoms with Crippen LogP contribution in [-0.2, 0) is 0 Å². The minimum atomic E-state index is 0.549. The molecule has 1 heteroatoms. The Balaban J connectivity index is 2.02. The molecule has 2 rings (SSSR count). The van der Waals surface area contributed by atoms with Crippen molar-refractivity contribution >= 4 is 0 Å². The second kappa shape index (κ2) is 1.76. The average Bonchev–Trinajstić information content (AvgIpc) is 2.73. The van der Waals surface area contributed by atoms with Crippen molar-refractivity contribution in [2.24, 2.45) is 23.0 Å². The maximum absolute atomic E-state index is 5.92. The van der Waals surface area contributed by atoms with Crippen LogP contribution in [0.2, 0.25) is 0 Å². The average molecular weight is 139 g/mol. The summed E-state index contributed by atoms with van der Waals surface area (Å²) in [7, 11) is 0. The molecule has 0 amide bonds. The van der Waals surface area contributed by atoms with Crippen LogP contribution in [0.15, 0.2) is 0 Å². The largest absolute Gasteiger partial charge is 0.327 e. The Labute approximate surface area is 63.0 Å². The Bertz CT molecular complexity index is 151. The van der Waals surface area contributed by atoms with Crippen LogP contribution in [0.1, 0.15) is 33.1 Å². The maximum Gasteiger partial charge on any atom is 0.0105 e. The van der Waals surface area contributed by atoms with Crippen molar-refractivity contribution in [3.63, 3.8) is 0 Å². The molecule has 0 bridgehead atoms. The van der Waals surface area contributed by atoms with Crippen LogP contribution in [0.5, 0.6) is 0 Å². The Hall–Kier alpha value is -0.0400. The van der Waals surface area contributed by atoms with Gasteiger partial charge in [-0.05, 0) is 36.5 Å². The van der Waals surface area contributed by atoms with Crippen molar-refractivity contribution in [1.82, 2.24) is 0 Å². The third-order valence-corrected chi connectivity index (χ3v) is 3.68. The summed E-state index contributed by atoms with van der Waals surface area (Å²) in [5, 5.41) is 0. The van der Waals surface area contributed by atoms with Crippen LogP contribution in [-0.4, -0.2) is 6.04 Å².